The Morgan fingerprint density at radius 1 is 1.40 bits per heavy atom. The summed E-state index contributed by atoms with van der Waals surface area (Å²) in [6, 6.07) is 0. The number of primary amides is 1. The molecule has 4 nitrogen and oxygen atoms in total. The molecule has 0 bridgehead atoms. The van der Waals surface area contributed by atoms with Gasteiger partial charge in [0.25, 0.3) is 0 Å². The maximum Gasteiger partial charge on any atom is 0.404 e. The van der Waals surface area contributed by atoms with Gasteiger partial charge in [-0.05, 0) is 24.6 Å². The quantitative estimate of drug-likeness (QED) is 0.445. The van der Waals surface area contributed by atoms with E-state index in [1.165, 1.54) is 0 Å². The van der Waals surface area contributed by atoms with Crippen LogP contribution in [-0.4, -0.2) is 27.1 Å². The van der Waals surface area contributed by atoms with E-state index in [1.807, 2.05) is 6.08 Å². The van der Waals surface area contributed by atoms with Crippen LogP contribution in [0, 0.1) is 12.3 Å². The van der Waals surface area contributed by atoms with E-state index >= 15 is 0 Å². The Hall–Kier alpha value is -1.25. The normalized spacial score (nSPS) is 14.0. The molecule has 1 atom stereocenters. The highest BCUT2D eigenvalue weighted by Crippen LogP contribution is 2.37. The largest absolute Gasteiger partial charge is 0.445 e. The fourth-order valence-electron chi connectivity index (χ4n) is 1.34. The first-order valence-corrected chi connectivity index (χ1v) is 9.69. The third-order valence-corrected chi connectivity index (χ3v) is 8.04. The molecule has 0 aliphatic heterocycles. The van der Waals surface area contributed by atoms with Gasteiger partial charge in [0, 0.05) is 6.42 Å². The minimum Gasteiger partial charge on any atom is -0.445 e. The standard InChI is InChI=1S/C15H27NO3Si/c1-7-10-13(11-8-9-12-18-14(16)17)19-20(5,6)15(2,3)4/h1,8-9,13H,10-12H2,2-6H3,(H2,16,17)/b9-8+. The average Bonchev–Trinajstić information content (AvgIpc) is 2.26. The van der Waals surface area contributed by atoms with Crippen LogP contribution >= 0.6 is 0 Å². The van der Waals surface area contributed by atoms with Crippen molar-refractivity contribution in [3.8, 4) is 12.3 Å². The topological polar surface area (TPSA) is 61.5 Å². The summed E-state index contributed by atoms with van der Waals surface area (Å²) in [5.74, 6) is 2.66. The Bertz CT molecular complexity index is 378. The van der Waals surface area contributed by atoms with E-state index in [-0.39, 0.29) is 17.7 Å². The summed E-state index contributed by atoms with van der Waals surface area (Å²) in [7, 11) is -1.83. The second kappa shape index (κ2) is 8.13. The Morgan fingerprint density at radius 3 is 2.45 bits per heavy atom. The number of carbonyl (C=O) groups excluding carboxylic acids is 1. The number of nitrogens with two attached hydrogens (primary N) is 1. The van der Waals surface area contributed by atoms with Crippen molar-refractivity contribution in [2.24, 2.45) is 5.73 Å². The van der Waals surface area contributed by atoms with Gasteiger partial charge in [-0.1, -0.05) is 32.9 Å². The van der Waals surface area contributed by atoms with Gasteiger partial charge < -0.3 is 14.9 Å². The molecule has 0 aliphatic rings. The molecule has 1 unspecified atom stereocenters. The highest BCUT2D eigenvalue weighted by molar-refractivity contribution is 6.74. The van der Waals surface area contributed by atoms with Gasteiger partial charge in [-0.15, -0.1) is 12.3 Å². The van der Waals surface area contributed by atoms with Gasteiger partial charge in [-0.25, -0.2) is 4.79 Å². The number of rotatable bonds is 7. The summed E-state index contributed by atoms with van der Waals surface area (Å²) in [4.78, 5) is 10.4. The van der Waals surface area contributed by atoms with Gasteiger partial charge in [-0.2, -0.15) is 0 Å². The van der Waals surface area contributed by atoms with E-state index in [9.17, 15) is 4.79 Å². The van der Waals surface area contributed by atoms with Crippen LogP contribution in [0.4, 0.5) is 4.79 Å². The Kier molecular flexibility index (Phi) is 7.62. The molecule has 5 heteroatoms. The molecule has 0 aromatic heterocycles. The number of ether oxygens (including phenoxy) is 1. The number of amides is 1. The van der Waals surface area contributed by atoms with Gasteiger partial charge in [0.1, 0.15) is 6.61 Å². The summed E-state index contributed by atoms with van der Waals surface area (Å²) in [6.07, 6.45) is 9.59. The molecule has 0 radical (unpaired) electrons. The lowest BCUT2D eigenvalue weighted by molar-refractivity contribution is 0.168. The zero-order valence-corrected chi connectivity index (χ0v) is 14.2. The first-order valence-electron chi connectivity index (χ1n) is 6.78. The summed E-state index contributed by atoms with van der Waals surface area (Å²) in [6.45, 7) is 11.2. The smallest absolute Gasteiger partial charge is 0.404 e. The summed E-state index contributed by atoms with van der Waals surface area (Å²) < 4.78 is 10.9. The predicted octanol–water partition coefficient (Wildman–Crippen LogP) is 3.44. The molecule has 20 heavy (non-hydrogen) atoms. The summed E-state index contributed by atoms with van der Waals surface area (Å²) in [5, 5.41) is 0.151. The highest BCUT2D eigenvalue weighted by Gasteiger charge is 2.38. The SMILES string of the molecule is C#CCC(C/C=C/COC(N)=O)O[Si](C)(C)C(C)(C)C. The van der Waals surface area contributed by atoms with Crippen LogP contribution in [0.3, 0.4) is 0 Å². The first-order chi connectivity index (χ1) is 9.10. The van der Waals surface area contributed by atoms with Crippen LogP contribution in [0.2, 0.25) is 18.1 Å². The van der Waals surface area contributed by atoms with Crippen LogP contribution in [0.25, 0.3) is 0 Å². The molecule has 0 heterocycles. The third-order valence-electron chi connectivity index (χ3n) is 3.50. The highest BCUT2D eigenvalue weighted by atomic mass is 28.4. The van der Waals surface area contributed by atoms with E-state index in [2.05, 4.69) is 44.5 Å². The lowest BCUT2D eigenvalue weighted by Crippen LogP contribution is -2.43. The molecular weight excluding hydrogens is 270 g/mol. The Balaban J connectivity index is 4.45. The van der Waals surface area contributed by atoms with Crippen LogP contribution in [0.15, 0.2) is 12.2 Å². The predicted molar refractivity (Wildman–Crippen MR) is 84.8 cm³/mol. The summed E-state index contributed by atoms with van der Waals surface area (Å²) >= 11 is 0. The van der Waals surface area contributed by atoms with Crippen molar-refractivity contribution in [2.45, 2.75) is 57.8 Å². The lowest BCUT2D eigenvalue weighted by atomic mass is 10.2. The van der Waals surface area contributed by atoms with E-state index < -0.39 is 14.4 Å². The lowest BCUT2D eigenvalue weighted by Gasteiger charge is -2.38. The fraction of sp³-hybridized carbons (Fsp3) is 0.667. The van der Waals surface area contributed by atoms with E-state index in [0.29, 0.717) is 12.8 Å². The second-order valence-electron chi connectivity index (χ2n) is 6.25. The van der Waals surface area contributed by atoms with Crippen molar-refractivity contribution in [1.82, 2.24) is 0 Å². The summed E-state index contributed by atoms with van der Waals surface area (Å²) in [5.41, 5.74) is 4.87. The molecule has 0 aromatic rings. The van der Waals surface area contributed by atoms with Crippen LogP contribution in [-0.2, 0) is 9.16 Å². The average molecular weight is 297 g/mol. The van der Waals surface area contributed by atoms with Crippen molar-refractivity contribution in [2.75, 3.05) is 6.61 Å². The maximum absolute atomic E-state index is 10.4. The van der Waals surface area contributed by atoms with Crippen LogP contribution < -0.4 is 5.73 Å². The van der Waals surface area contributed by atoms with Crippen molar-refractivity contribution in [3.63, 3.8) is 0 Å². The molecule has 2 N–H and O–H groups in total. The number of terminal acetylenes is 1. The van der Waals surface area contributed by atoms with Crippen LogP contribution in [0.1, 0.15) is 33.6 Å². The molecule has 1 amide bonds. The van der Waals surface area contributed by atoms with Crippen molar-refractivity contribution < 1.29 is 14.0 Å². The molecule has 0 aliphatic carbocycles. The zero-order chi connectivity index (χ0) is 15.8. The Morgan fingerprint density at radius 2 is 2.00 bits per heavy atom. The van der Waals surface area contributed by atoms with Gasteiger partial charge in [0.05, 0.1) is 6.10 Å². The van der Waals surface area contributed by atoms with Gasteiger partial charge in [0.15, 0.2) is 8.32 Å². The van der Waals surface area contributed by atoms with Crippen molar-refractivity contribution >= 4 is 14.4 Å². The second-order valence-corrected chi connectivity index (χ2v) is 11.0. The molecular formula is C15H27NO3Si. The van der Waals surface area contributed by atoms with E-state index in [4.69, 9.17) is 16.6 Å². The van der Waals surface area contributed by atoms with Gasteiger partial charge in [0.2, 0.25) is 0 Å². The molecule has 0 spiro atoms. The number of hydrogen-bond acceptors (Lipinski definition) is 3. The first kappa shape index (κ1) is 18.7. The van der Waals surface area contributed by atoms with E-state index in [0.717, 1.165) is 0 Å². The fourth-order valence-corrected chi connectivity index (χ4v) is 2.71. The minimum absolute atomic E-state index is 0.00530. The maximum atomic E-state index is 10.4. The monoisotopic (exact) mass is 297 g/mol. The van der Waals surface area contributed by atoms with E-state index in [1.54, 1.807) is 6.08 Å². The number of hydrogen-bond donors (Lipinski definition) is 1. The Labute approximate surface area is 123 Å². The van der Waals surface area contributed by atoms with Crippen molar-refractivity contribution in [1.29, 1.82) is 0 Å². The third kappa shape index (κ3) is 7.36. The molecule has 0 fully saturated rings. The molecule has 114 valence electrons. The van der Waals surface area contributed by atoms with Gasteiger partial charge >= 0.3 is 6.09 Å². The molecule has 0 saturated heterocycles. The van der Waals surface area contributed by atoms with Crippen LogP contribution in [0.5, 0.6) is 0 Å². The van der Waals surface area contributed by atoms with Gasteiger partial charge in [-0.3, -0.25) is 0 Å². The zero-order valence-electron chi connectivity index (χ0n) is 13.2. The minimum atomic E-state index is -1.83. The molecule has 0 saturated carbocycles. The molecule has 0 aromatic carbocycles. The van der Waals surface area contributed by atoms with Crippen molar-refractivity contribution in [3.05, 3.63) is 12.2 Å². The number of carbonyl (C=O) groups is 1. The molecule has 0 rings (SSSR count).